The summed E-state index contributed by atoms with van der Waals surface area (Å²) in [6.45, 7) is 3.70. The Morgan fingerprint density at radius 1 is 1.21 bits per heavy atom. The molecule has 0 aliphatic heterocycles. The summed E-state index contributed by atoms with van der Waals surface area (Å²) in [5.41, 5.74) is 1.74. The molecule has 0 fully saturated rings. The lowest BCUT2D eigenvalue weighted by Gasteiger charge is -2.09. The van der Waals surface area contributed by atoms with Crippen LogP contribution in [0, 0.1) is 13.8 Å². The highest BCUT2D eigenvalue weighted by Crippen LogP contribution is 2.30. The van der Waals surface area contributed by atoms with Crippen molar-refractivity contribution in [3.63, 3.8) is 0 Å². The van der Waals surface area contributed by atoms with E-state index in [-0.39, 0.29) is 4.90 Å². The first-order valence-electron chi connectivity index (χ1n) is 5.20. The smallest absolute Gasteiger partial charge is 0.255 e. The van der Waals surface area contributed by atoms with Crippen LogP contribution in [0.3, 0.4) is 0 Å². The van der Waals surface area contributed by atoms with Crippen LogP contribution >= 0.6 is 43.2 Å². The fourth-order valence-electron chi connectivity index (χ4n) is 1.40. The summed E-state index contributed by atoms with van der Waals surface area (Å²) in [7, 11) is -3.65. The lowest BCUT2D eigenvalue weighted by molar-refractivity contribution is 0.600. The van der Waals surface area contributed by atoms with Gasteiger partial charge in [0.25, 0.3) is 10.0 Å². The van der Waals surface area contributed by atoms with Gasteiger partial charge in [-0.3, -0.25) is 4.72 Å². The van der Waals surface area contributed by atoms with Crippen LogP contribution in [0.15, 0.2) is 31.4 Å². The van der Waals surface area contributed by atoms with Gasteiger partial charge in [-0.2, -0.15) is 0 Å². The third-order valence-corrected chi connectivity index (χ3v) is 6.50. The summed E-state index contributed by atoms with van der Waals surface area (Å²) in [4.78, 5) is 4.27. The molecule has 8 heteroatoms. The molecule has 19 heavy (non-hydrogen) atoms. The van der Waals surface area contributed by atoms with E-state index in [1.165, 1.54) is 11.3 Å². The van der Waals surface area contributed by atoms with Gasteiger partial charge in [0, 0.05) is 14.3 Å². The quantitative estimate of drug-likeness (QED) is 0.805. The van der Waals surface area contributed by atoms with Crippen LogP contribution in [0.5, 0.6) is 0 Å². The predicted molar refractivity (Wildman–Crippen MR) is 84.2 cm³/mol. The molecule has 0 spiro atoms. The molecule has 0 bridgehead atoms. The molecule has 0 atom stereocenters. The van der Waals surface area contributed by atoms with E-state index in [1.807, 2.05) is 13.8 Å². The predicted octanol–water partition coefficient (Wildman–Crippen LogP) is 4.09. The molecule has 1 aromatic carbocycles. The number of nitrogens with zero attached hydrogens (tertiary/aromatic N) is 1. The molecule has 1 N–H and O–H groups in total. The van der Waals surface area contributed by atoms with Crippen molar-refractivity contribution in [1.29, 1.82) is 0 Å². The third kappa shape index (κ3) is 3.36. The van der Waals surface area contributed by atoms with Gasteiger partial charge in [0.2, 0.25) is 0 Å². The second kappa shape index (κ2) is 5.51. The van der Waals surface area contributed by atoms with Crippen LogP contribution in [0.4, 0.5) is 5.13 Å². The maximum absolute atomic E-state index is 12.3. The first-order chi connectivity index (χ1) is 8.79. The molecule has 0 saturated heterocycles. The Balaban J connectivity index is 2.42. The number of halogens is 2. The third-order valence-electron chi connectivity index (χ3n) is 2.34. The van der Waals surface area contributed by atoms with Crippen LogP contribution in [0.2, 0.25) is 0 Å². The molecule has 0 unspecified atom stereocenters. The normalized spacial score (nSPS) is 11.6. The first kappa shape index (κ1) is 15.0. The molecule has 0 amide bonds. The molecule has 2 aromatic rings. The molecule has 1 heterocycles. The molecule has 0 saturated carbocycles. The number of benzene rings is 1. The molecule has 0 aliphatic carbocycles. The van der Waals surface area contributed by atoms with Crippen molar-refractivity contribution in [2.45, 2.75) is 18.7 Å². The van der Waals surface area contributed by atoms with Crippen molar-refractivity contribution in [2.75, 3.05) is 4.72 Å². The Kier molecular flexibility index (Phi) is 4.34. The SMILES string of the molecule is Cc1csc(NS(=O)(=O)c2cc(Br)c(C)cc2Br)n1. The minimum absolute atomic E-state index is 0.179. The minimum Gasteiger partial charge on any atom is -0.255 e. The molecule has 2 rings (SSSR count). The molecule has 1 aromatic heterocycles. The van der Waals surface area contributed by atoms with E-state index in [4.69, 9.17) is 0 Å². The zero-order chi connectivity index (χ0) is 14.2. The van der Waals surface area contributed by atoms with Crippen LogP contribution in [-0.2, 0) is 10.0 Å². The number of aryl methyl sites for hydroxylation is 2. The molecular formula is C11H10Br2N2O2S2. The second-order valence-corrected chi connectivity index (χ2v) is 8.15. The number of anilines is 1. The zero-order valence-electron chi connectivity index (χ0n) is 10.1. The van der Waals surface area contributed by atoms with Gasteiger partial charge in [0.1, 0.15) is 4.90 Å². The molecule has 0 aliphatic rings. The Morgan fingerprint density at radius 3 is 2.47 bits per heavy atom. The highest BCUT2D eigenvalue weighted by molar-refractivity contribution is 9.11. The van der Waals surface area contributed by atoms with Crippen LogP contribution < -0.4 is 4.72 Å². The number of aromatic nitrogens is 1. The maximum Gasteiger partial charge on any atom is 0.264 e. The average molecular weight is 426 g/mol. The molecule has 0 radical (unpaired) electrons. The first-order valence-corrected chi connectivity index (χ1v) is 9.15. The number of sulfonamides is 1. The van der Waals surface area contributed by atoms with Crippen molar-refractivity contribution < 1.29 is 8.42 Å². The van der Waals surface area contributed by atoms with Gasteiger partial charge in [-0.25, -0.2) is 13.4 Å². The monoisotopic (exact) mass is 424 g/mol. The summed E-state index contributed by atoms with van der Waals surface area (Å²) in [5, 5.41) is 2.15. The number of nitrogens with one attached hydrogen (secondary N) is 1. The standard InChI is InChI=1S/C11H10Br2N2O2S2/c1-6-3-9(13)10(4-8(6)12)19(16,17)15-11-14-7(2)5-18-11/h3-5H,1-2H3,(H,14,15). The minimum atomic E-state index is -3.65. The lowest BCUT2D eigenvalue weighted by Crippen LogP contribution is -2.13. The van der Waals surface area contributed by atoms with Crippen molar-refractivity contribution in [1.82, 2.24) is 4.98 Å². The van der Waals surface area contributed by atoms with Gasteiger partial charge in [-0.1, -0.05) is 15.9 Å². The van der Waals surface area contributed by atoms with Crippen molar-refractivity contribution in [2.24, 2.45) is 0 Å². The van der Waals surface area contributed by atoms with Gasteiger partial charge in [0.15, 0.2) is 5.13 Å². The van der Waals surface area contributed by atoms with Crippen LogP contribution in [0.1, 0.15) is 11.3 Å². The summed E-state index contributed by atoms with van der Waals surface area (Å²) in [5.74, 6) is 0. The Bertz CT molecular complexity index is 726. The fourth-order valence-corrected chi connectivity index (χ4v) is 5.02. The summed E-state index contributed by atoms with van der Waals surface area (Å²) in [6.07, 6.45) is 0. The second-order valence-electron chi connectivity index (χ2n) is 3.93. The van der Waals surface area contributed by atoms with Crippen molar-refractivity contribution >= 4 is 58.4 Å². The highest BCUT2D eigenvalue weighted by atomic mass is 79.9. The molecule has 102 valence electrons. The van der Waals surface area contributed by atoms with Crippen molar-refractivity contribution in [3.05, 3.63) is 37.7 Å². The van der Waals surface area contributed by atoms with Gasteiger partial charge in [-0.15, -0.1) is 11.3 Å². The van der Waals surface area contributed by atoms with E-state index in [0.717, 1.165) is 15.7 Å². The van der Waals surface area contributed by atoms with Crippen LogP contribution in [0.25, 0.3) is 0 Å². The number of hydrogen-bond acceptors (Lipinski definition) is 4. The average Bonchev–Trinajstić information content (AvgIpc) is 2.68. The number of rotatable bonds is 3. The van der Waals surface area contributed by atoms with Crippen LogP contribution in [-0.4, -0.2) is 13.4 Å². The zero-order valence-corrected chi connectivity index (χ0v) is 14.9. The topological polar surface area (TPSA) is 59.1 Å². The largest absolute Gasteiger partial charge is 0.264 e. The van der Waals surface area contributed by atoms with E-state index in [9.17, 15) is 8.42 Å². The van der Waals surface area contributed by atoms with Crippen molar-refractivity contribution in [3.8, 4) is 0 Å². The van der Waals surface area contributed by atoms with E-state index >= 15 is 0 Å². The summed E-state index contributed by atoms with van der Waals surface area (Å²) in [6, 6.07) is 3.33. The van der Waals surface area contributed by atoms with Gasteiger partial charge >= 0.3 is 0 Å². The fraction of sp³-hybridized carbons (Fsp3) is 0.182. The van der Waals surface area contributed by atoms with E-state index < -0.39 is 10.0 Å². The summed E-state index contributed by atoms with van der Waals surface area (Å²) < 4.78 is 28.3. The van der Waals surface area contributed by atoms with E-state index in [0.29, 0.717) is 9.60 Å². The maximum atomic E-state index is 12.3. The van der Waals surface area contributed by atoms with E-state index in [2.05, 4.69) is 41.6 Å². The molecular weight excluding hydrogens is 416 g/mol. The Labute approximate surface area is 132 Å². The van der Waals surface area contributed by atoms with Gasteiger partial charge < -0.3 is 0 Å². The van der Waals surface area contributed by atoms with Gasteiger partial charge in [0.05, 0.1) is 5.69 Å². The highest BCUT2D eigenvalue weighted by Gasteiger charge is 2.20. The Morgan fingerprint density at radius 2 is 1.89 bits per heavy atom. The summed E-state index contributed by atoms with van der Waals surface area (Å²) >= 11 is 7.87. The molecule has 4 nitrogen and oxygen atoms in total. The van der Waals surface area contributed by atoms with E-state index in [1.54, 1.807) is 17.5 Å². The Hall–Kier alpha value is -0.440. The van der Waals surface area contributed by atoms with Gasteiger partial charge in [-0.05, 0) is 47.5 Å². The number of thiazole rings is 1. The number of hydrogen-bond donors (Lipinski definition) is 1. The lowest BCUT2D eigenvalue weighted by atomic mass is 10.2.